The third-order valence-corrected chi connectivity index (χ3v) is 5.92. The summed E-state index contributed by atoms with van der Waals surface area (Å²) in [7, 11) is 0. The molecule has 1 amide bonds. The normalized spacial score (nSPS) is 31.6. The Bertz CT molecular complexity index is 623. The number of carbonyl (C=O) groups excluding carboxylic acids is 1. The minimum absolute atomic E-state index is 0.0365. The van der Waals surface area contributed by atoms with Gasteiger partial charge in [-0.3, -0.25) is 4.79 Å². The second-order valence-electron chi connectivity index (χ2n) is 6.97. The van der Waals surface area contributed by atoms with Crippen LogP contribution in [0.5, 0.6) is 0 Å². The van der Waals surface area contributed by atoms with E-state index in [-0.39, 0.29) is 16.4 Å². The lowest BCUT2D eigenvalue weighted by Crippen LogP contribution is -2.34. The second-order valence-corrected chi connectivity index (χ2v) is 6.97. The molecule has 1 aromatic rings. The summed E-state index contributed by atoms with van der Waals surface area (Å²) in [6, 6.07) is 5.96. The van der Waals surface area contributed by atoms with E-state index in [4.69, 9.17) is 0 Å². The number of nitrogens with one attached hydrogen (secondary N) is 1. The van der Waals surface area contributed by atoms with Gasteiger partial charge in [-0.25, -0.2) is 9.82 Å². The van der Waals surface area contributed by atoms with Crippen LogP contribution in [0.15, 0.2) is 29.4 Å². The largest absolute Gasteiger partial charge is 0.274 e. The minimum atomic E-state index is -0.519. The van der Waals surface area contributed by atoms with E-state index in [1.54, 1.807) is 12.1 Å². The standard InChI is InChI=1S/C17H21FN2O/c1-16(2)11-8-9-17(16,3)14(10-11)19-20-15(21)12-6-4-5-7-13(12)18/h4-7,11H,8-10H2,1-3H3,(H,20,21)/b19-14+/t11-,17-/m1/s1. The van der Waals surface area contributed by atoms with Crippen molar-refractivity contribution in [3.8, 4) is 0 Å². The lowest BCUT2D eigenvalue weighted by Gasteiger charge is -2.34. The van der Waals surface area contributed by atoms with Crippen molar-refractivity contribution in [2.75, 3.05) is 0 Å². The van der Waals surface area contributed by atoms with Crippen LogP contribution in [0.2, 0.25) is 0 Å². The quantitative estimate of drug-likeness (QED) is 0.827. The summed E-state index contributed by atoms with van der Waals surface area (Å²) in [6.45, 7) is 6.80. The van der Waals surface area contributed by atoms with Gasteiger partial charge in [0.2, 0.25) is 0 Å². The summed E-state index contributed by atoms with van der Waals surface area (Å²) < 4.78 is 13.6. The van der Waals surface area contributed by atoms with E-state index >= 15 is 0 Å². The van der Waals surface area contributed by atoms with E-state index in [0.717, 1.165) is 18.6 Å². The maximum atomic E-state index is 13.6. The molecular formula is C17H21FN2O. The lowest BCUT2D eigenvalue weighted by atomic mass is 9.70. The molecule has 0 aliphatic heterocycles. The lowest BCUT2D eigenvalue weighted by molar-refractivity contribution is 0.0950. The molecule has 2 fully saturated rings. The fourth-order valence-electron chi connectivity index (χ4n) is 3.92. The van der Waals surface area contributed by atoms with Gasteiger partial charge in [0.15, 0.2) is 0 Å². The van der Waals surface area contributed by atoms with E-state index in [0.29, 0.717) is 5.92 Å². The Labute approximate surface area is 124 Å². The first-order valence-corrected chi connectivity index (χ1v) is 7.48. The molecule has 2 saturated carbocycles. The molecule has 0 radical (unpaired) electrons. The Hall–Kier alpha value is -1.71. The first kappa shape index (κ1) is 14.2. The maximum Gasteiger partial charge on any atom is 0.274 e. The molecule has 2 aliphatic rings. The third kappa shape index (κ3) is 2.00. The molecule has 0 heterocycles. The predicted molar refractivity (Wildman–Crippen MR) is 80.5 cm³/mol. The van der Waals surface area contributed by atoms with Crippen molar-refractivity contribution in [2.24, 2.45) is 21.8 Å². The molecule has 1 N–H and O–H groups in total. The van der Waals surface area contributed by atoms with E-state index in [1.807, 2.05) is 0 Å². The van der Waals surface area contributed by atoms with Crippen molar-refractivity contribution < 1.29 is 9.18 Å². The van der Waals surface area contributed by atoms with Crippen LogP contribution >= 0.6 is 0 Å². The van der Waals surface area contributed by atoms with Crippen LogP contribution in [0, 0.1) is 22.6 Å². The molecule has 0 saturated heterocycles. The van der Waals surface area contributed by atoms with Crippen LogP contribution in [0.4, 0.5) is 4.39 Å². The average molecular weight is 288 g/mol. The zero-order chi connectivity index (χ0) is 15.3. The number of benzene rings is 1. The van der Waals surface area contributed by atoms with Crippen molar-refractivity contribution in [3.05, 3.63) is 35.6 Å². The zero-order valence-corrected chi connectivity index (χ0v) is 12.7. The molecule has 0 aromatic heterocycles. The molecule has 2 atom stereocenters. The summed E-state index contributed by atoms with van der Waals surface area (Å²) >= 11 is 0. The van der Waals surface area contributed by atoms with Gasteiger partial charge in [0.25, 0.3) is 5.91 Å². The molecule has 2 bridgehead atoms. The Morgan fingerprint density at radius 3 is 2.62 bits per heavy atom. The van der Waals surface area contributed by atoms with Crippen LogP contribution in [-0.4, -0.2) is 11.6 Å². The molecule has 1 aromatic carbocycles. The first-order valence-electron chi connectivity index (χ1n) is 7.48. The summed E-state index contributed by atoms with van der Waals surface area (Å²) in [5.41, 5.74) is 3.88. The number of amides is 1. The number of hydrogen-bond acceptors (Lipinski definition) is 2. The molecule has 0 spiro atoms. The second kappa shape index (κ2) is 4.65. The molecule has 0 unspecified atom stereocenters. The Balaban J connectivity index is 1.79. The highest BCUT2D eigenvalue weighted by molar-refractivity contribution is 5.98. The number of halogens is 1. The molecular weight excluding hydrogens is 267 g/mol. The van der Waals surface area contributed by atoms with Gasteiger partial charge in [0.1, 0.15) is 5.82 Å². The van der Waals surface area contributed by atoms with Crippen LogP contribution in [0.25, 0.3) is 0 Å². The van der Waals surface area contributed by atoms with Crippen molar-refractivity contribution in [2.45, 2.75) is 40.0 Å². The minimum Gasteiger partial charge on any atom is -0.267 e. The maximum absolute atomic E-state index is 13.6. The fraction of sp³-hybridized carbons (Fsp3) is 0.529. The number of hydrazone groups is 1. The van der Waals surface area contributed by atoms with Gasteiger partial charge < -0.3 is 0 Å². The fourth-order valence-corrected chi connectivity index (χ4v) is 3.92. The topological polar surface area (TPSA) is 41.5 Å². The van der Waals surface area contributed by atoms with Crippen LogP contribution < -0.4 is 5.43 Å². The van der Waals surface area contributed by atoms with E-state index < -0.39 is 11.7 Å². The van der Waals surface area contributed by atoms with E-state index in [1.165, 1.54) is 18.6 Å². The van der Waals surface area contributed by atoms with Crippen molar-refractivity contribution in [3.63, 3.8) is 0 Å². The van der Waals surface area contributed by atoms with Crippen molar-refractivity contribution in [1.82, 2.24) is 5.43 Å². The Kier molecular flexibility index (Phi) is 3.15. The number of hydrogen-bond donors (Lipinski definition) is 1. The summed E-state index contributed by atoms with van der Waals surface area (Å²) in [5.74, 6) is -0.369. The van der Waals surface area contributed by atoms with E-state index in [2.05, 4.69) is 31.3 Å². The molecule has 2 aliphatic carbocycles. The first-order chi connectivity index (χ1) is 9.86. The van der Waals surface area contributed by atoms with Crippen LogP contribution in [0.1, 0.15) is 50.4 Å². The molecule has 3 rings (SSSR count). The SMILES string of the molecule is CC1(C)[C@@H]2CC[C@]1(C)/C(=N/NC(=O)c1ccccc1F)C2. The third-order valence-electron chi connectivity index (χ3n) is 5.92. The summed E-state index contributed by atoms with van der Waals surface area (Å²) in [6.07, 6.45) is 3.27. The number of rotatable bonds is 2. The van der Waals surface area contributed by atoms with Gasteiger partial charge >= 0.3 is 0 Å². The number of fused-ring (bicyclic) bond motifs is 2. The van der Waals surface area contributed by atoms with Crippen molar-refractivity contribution >= 4 is 11.6 Å². The monoisotopic (exact) mass is 288 g/mol. The molecule has 4 heteroatoms. The molecule has 21 heavy (non-hydrogen) atoms. The molecule has 3 nitrogen and oxygen atoms in total. The zero-order valence-electron chi connectivity index (χ0n) is 12.7. The van der Waals surface area contributed by atoms with Gasteiger partial charge in [-0.05, 0) is 42.7 Å². The predicted octanol–water partition coefficient (Wildman–Crippen LogP) is 3.76. The van der Waals surface area contributed by atoms with Gasteiger partial charge in [-0.2, -0.15) is 5.10 Å². The van der Waals surface area contributed by atoms with Gasteiger partial charge in [0.05, 0.1) is 5.56 Å². The van der Waals surface area contributed by atoms with Gasteiger partial charge in [0, 0.05) is 11.1 Å². The van der Waals surface area contributed by atoms with Crippen LogP contribution in [-0.2, 0) is 0 Å². The highest BCUT2D eigenvalue weighted by atomic mass is 19.1. The van der Waals surface area contributed by atoms with E-state index in [9.17, 15) is 9.18 Å². The van der Waals surface area contributed by atoms with Crippen molar-refractivity contribution in [1.29, 1.82) is 0 Å². The Morgan fingerprint density at radius 1 is 1.33 bits per heavy atom. The Morgan fingerprint density at radius 2 is 2.05 bits per heavy atom. The van der Waals surface area contributed by atoms with Crippen LogP contribution in [0.3, 0.4) is 0 Å². The van der Waals surface area contributed by atoms with Gasteiger partial charge in [-0.15, -0.1) is 0 Å². The van der Waals surface area contributed by atoms with Gasteiger partial charge in [-0.1, -0.05) is 32.9 Å². The molecule has 112 valence electrons. The highest BCUT2D eigenvalue weighted by Gasteiger charge is 2.60. The number of carbonyl (C=O) groups is 1. The summed E-state index contributed by atoms with van der Waals surface area (Å²) in [4.78, 5) is 12.0. The smallest absolute Gasteiger partial charge is 0.267 e. The average Bonchev–Trinajstić information content (AvgIpc) is 2.78. The highest BCUT2D eigenvalue weighted by Crippen LogP contribution is 2.63. The summed E-state index contributed by atoms with van der Waals surface area (Å²) in [5, 5.41) is 4.34. The number of nitrogens with zero attached hydrogens (tertiary/aromatic N) is 1.